The van der Waals surface area contributed by atoms with E-state index in [1.165, 1.54) is 12.1 Å². The van der Waals surface area contributed by atoms with E-state index in [1.807, 2.05) is 13.8 Å². The molecule has 22 heavy (non-hydrogen) atoms. The van der Waals surface area contributed by atoms with Crippen LogP contribution in [0.2, 0.25) is 5.02 Å². The van der Waals surface area contributed by atoms with Gasteiger partial charge < -0.3 is 5.32 Å². The average molecular weight is 324 g/mol. The second-order valence-corrected chi connectivity index (χ2v) is 5.44. The molecule has 0 atom stereocenters. The summed E-state index contributed by atoms with van der Waals surface area (Å²) in [4.78, 5) is 12.2. The predicted molar refractivity (Wildman–Crippen MR) is 85.7 cm³/mol. The van der Waals surface area contributed by atoms with Gasteiger partial charge in [-0.05, 0) is 25.0 Å². The van der Waals surface area contributed by atoms with Crippen molar-refractivity contribution in [1.29, 1.82) is 0 Å². The number of hydrogen-bond acceptors (Lipinski definition) is 2. The molecule has 0 saturated heterocycles. The summed E-state index contributed by atoms with van der Waals surface area (Å²) in [5.74, 6) is -0.123. The van der Waals surface area contributed by atoms with Crippen LogP contribution in [-0.4, -0.2) is 15.7 Å². The third-order valence-electron chi connectivity index (χ3n) is 3.57. The molecule has 0 unspecified atom stereocenters. The van der Waals surface area contributed by atoms with Gasteiger partial charge in [-0.15, -0.1) is 0 Å². The standard InChI is InChI=1S/C16H19ClFN3O/c1-4-10-14(5-2)20-21(3)16(10)19-15(22)9-11-12(17)7-6-8-13(11)18/h6-8H,4-5,9H2,1-3H3,(H,19,22). The molecule has 1 heterocycles. The molecule has 1 aromatic carbocycles. The fourth-order valence-corrected chi connectivity index (χ4v) is 2.70. The molecule has 0 fully saturated rings. The molecule has 0 aliphatic heterocycles. The number of nitrogens with one attached hydrogen (secondary N) is 1. The van der Waals surface area contributed by atoms with Crippen molar-refractivity contribution >= 4 is 23.3 Å². The smallest absolute Gasteiger partial charge is 0.230 e. The van der Waals surface area contributed by atoms with Crippen LogP contribution in [0.15, 0.2) is 18.2 Å². The Labute approximate surface area is 134 Å². The van der Waals surface area contributed by atoms with Crippen LogP contribution >= 0.6 is 11.6 Å². The van der Waals surface area contributed by atoms with Crippen molar-refractivity contribution in [3.63, 3.8) is 0 Å². The van der Waals surface area contributed by atoms with E-state index in [4.69, 9.17) is 11.6 Å². The molecule has 0 radical (unpaired) electrons. The summed E-state index contributed by atoms with van der Waals surface area (Å²) in [5, 5.41) is 7.48. The van der Waals surface area contributed by atoms with Gasteiger partial charge in [-0.2, -0.15) is 5.10 Å². The number of amides is 1. The molecule has 4 nitrogen and oxygen atoms in total. The summed E-state index contributed by atoms with van der Waals surface area (Å²) >= 11 is 5.96. The lowest BCUT2D eigenvalue weighted by atomic mass is 10.1. The summed E-state index contributed by atoms with van der Waals surface area (Å²) in [7, 11) is 1.78. The van der Waals surface area contributed by atoms with E-state index < -0.39 is 5.82 Å². The minimum Gasteiger partial charge on any atom is -0.310 e. The number of benzene rings is 1. The van der Waals surface area contributed by atoms with E-state index >= 15 is 0 Å². The Balaban J connectivity index is 2.21. The number of halogens is 2. The average Bonchev–Trinajstić information content (AvgIpc) is 2.78. The van der Waals surface area contributed by atoms with Crippen molar-refractivity contribution in [1.82, 2.24) is 9.78 Å². The Kier molecular flexibility index (Phi) is 5.19. The summed E-state index contributed by atoms with van der Waals surface area (Å²) in [5.41, 5.74) is 2.18. The zero-order valence-corrected chi connectivity index (χ0v) is 13.7. The maximum absolute atomic E-state index is 13.8. The van der Waals surface area contributed by atoms with Gasteiger partial charge in [-0.3, -0.25) is 9.48 Å². The largest absolute Gasteiger partial charge is 0.310 e. The zero-order chi connectivity index (χ0) is 16.3. The van der Waals surface area contributed by atoms with Gasteiger partial charge in [0.2, 0.25) is 5.91 Å². The van der Waals surface area contributed by atoms with Gasteiger partial charge in [0.1, 0.15) is 11.6 Å². The lowest BCUT2D eigenvalue weighted by Gasteiger charge is -2.09. The third-order valence-corrected chi connectivity index (χ3v) is 3.93. The summed E-state index contributed by atoms with van der Waals surface area (Å²) in [6.07, 6.45) is 1.46. The minimum atomic E-state index is -0.474. The highest BCUT2D eigenvalue weighted by Gasteiger charge is 2.17. The number of aromatic nitrogens is 2. The Morgan fingerprint density at radius 2 is 2.05 bits per heavy atom. The Morgan fingerprint density at radius 1 is 1.32 bits per heavy atom. The molecule has 2 aromatic rings. The minimum absolute atomic E-state index is 0.110. The molecular weight excluding hydrogens is 305 g/mol. The van der Waals surface area contributed by atoms with Crippen molar-refractivity contribution in [2.24, 2.45) is 7.05 Å². The summed E-state index contributed by atoms with van der Waals surface area (Å²) < 4.78 is 15.4. The van der Waals surface area contributed by atoms with E-state index in [-0.39, 0.29) is 22.9 Å². The molecule has 1 amide bonds. The lowest BCUT2D eigenvalue weighted by molar-refractivity contribution is -0.115. The number of nitrogens with zero attached hydrogens (tertiary/aromatic N) is 2. The molecule has 0 saturated carbocycles. The Morgan fingerprint density at radius 3 is 2.64 bits per heavy atom. The van der Waals surface area contributed by atoms with Crippen LogP contribution in [-0.2, 0) is 31.1 Å². The van der Waals surface area contributed by atoms with Gasteiger partial charge in [-0.1, -0.05) is 31.5 Å². The monoisotopic (exact) mass is 323 g/mol. The van der Waals surface area contributed by atoms with E-state index in [1.54, 1.807) is 17.8 Å². The van der Waals surface area contributed by atoms with Crippen molar-refractivity contribution in [3.05, 3.63) is 45.9 Å². The fourth-order valence-electron chi connectivity index (χ4n) is 2.47. The Bertz CT molecular complexity index is 677. The molecule has 2 rings (SSSR count). The first-order chi connectivity index (χ1) is 10.5. The molecule has 0 aliphatic rings. The number of carbonyl (C=O) groups excluding carboxylic acids is 1. The number of aryl methyl sites for hydroxylation is 2. The van der Waals surface area contributed by atoms with Gasteiger partial charge in [0.15, 0.2) is 0 Å². The number of carbonyl (C=O) groups is 1. The zero-order valence-electron chi connectivity index (χ0n) is 12.9. The van der Waals surface area contributed by atoms with E-state index in [0.29, 0.717) is 5.82 Å². The lowest BCUT2D eigenvalue weighted by Crippen LogP contribution is -2.18. The van der Waals surface area contributed by atoms with Gasteiger partial charge in [0.05, 0.1) is 12.1 Å². The maximum atomic E-state index is 13.8. The molecule has 0 aliphatic carbocycles. The molecular formula is C16H19ClFN3O. The second kappa shape index (κ2) is 6.92. The van der Waals surface area contributed by atoms with Gasteiger partial charge in [0, 0.05) is 23.2 Å². The fraction of sp³-hybridized carbons (Fsp3) is 0.375. The van der Waals surface area contributed by atoms with E-state index in [9.17, 15) is 9.18 Å². The summed E-state index contributed by atoms with van der Waals surface area (Å²) in [6, 6.07) is 4.39. The highest BCUT2D eigenvalue weighted by molar-refractivity contribution is 6.31. The second-order valence-electron chi connectivity index (χ2n) is 5.03. The first kappa shape index (κ1) is 16.5. The van der Waals surface area contributed by atoms with Gasteiger partial charge in [-0.25, -0.2) is 4.39 Å². The maximum Gasteiger partial charge on any atom is 0.230 e. The van der Waals surface area contributed by atoms with Gasteiger partial charge in [0.25, 0.3) is 0 Å². The highest BCUT2D eigenvalue weighted by Crippen LogP contribution is 2.23. The first-order valence-corrected chi connectivity index (χ1v) is 7.63. The molecule has 6 heteroatoms. The summed E-state index contributed by atoms with van der Waals surface area (Å²) in [6.45, 7) is 4.03. The molecule has 0 bridgehead atoms. The van der Waals surface area contributed by atoms with Crippen molar-refractivity contribution < 1.29 is 9.18 Å². The highest BCUT2D eigenvalue weighted by atomic mass is 35.5. The molecule has 1 aromatic heterocycles. The van der Waals surface area contributed by atoms with Crippen molar-refractivity contribution in [2.45, 2.75) is 33.1 Å². The van der Waals surface area contributed by atoms with Crippen LogP contribution in [0.5, 0.6) is 0 Å². The topological polar surface area (TPSA) is 46.9 Å². The quantitative estimate of drug-likeness (QED) is 0.915. The number of anilines is 1. The van der Waals surface area contributed by atoms with Crippen LogP contribution in [0.25, 0.3) is 0 Å². The first-order valence-electron chi connectivity index (χ1n) is 7.25. The Hall–Kier alpha value is -1.88. The van der Waals surface area contributed by atoms with Gasteiger partial charge >= 0.3 is 0 Å². The molecule has 1 N–H and O–H groups in total. The van der Waals surface area contributed by atoms with Crippen molar-refractivity contribution in [3.8, 4) is 0 Å². The third kappa shape index (κ3) is 3.30. The van der Waals surface area contributed by atoms with Crippen LogP contribution in [0.4, 0.5) is 10.2 Å². The van der Waals surface area contributed by atoms with Crippen LogP contribution in [0.1, 0.15) is 30.7 Å². The SMILES string of the molecule is CCc1nn(C)c(NC(=O)Cc2c(F)cccc2Cl)c1CC. The van der Waals surface area contributed by atoms with Crippen molar-refractivity contribution in [2.75, 3.05) is 5.32 Å². The molecule has 118 valence electrons. The van der Waals surface area contributed by atoms with E-state index in [0.717, 1.165) is 24.1 Å². The predicted octanol–water partition coefficient (Wildman–Crippen LogP) is 3.52. The number of hydrogen-bond donors (Lipinski definition) is 1. The van der Waals surface area contributed by atoms with Crippen LogP contribution in [0.3, 0.4) is 0 Å². The van der Waals surface area contributed by atoms with Crippen LogP contribution in [0, 0.1) is 5.82 Å². The van der Waals surface area contributed by atoms with Crippen LogP contribution < -0.4 is 5.32 Å². The molecule has 0 spiro atoms. The number of rotatable bonds is 5. The normalized spacial score (nSPS) is 10.8. The van der Waals surface area contributed by atoms with E-state index in [2.05, 4.69) is 10.4 Å².